The predicted molar refractivity (Wildman–Crippen MR) is 115 cm³/mol. The monoisotopic (exact) mass is 407 g/mol. The average molecular weight is 408 g/mol. The smallest absolute Gasteiger partial charge is 0.233 e. The Balaban J connectivity index is 1.46. The van der Waals surface area contributed by atoms with Gasteiger partial charge in [-0.1, -0.05) is 36.0 Å². The van der Waals surface area contributed by atoms with Gasteiger partial charge >= 0.3 is 0 Å². The van der Waals surface area contributed by atoms with Gasteiger partial charge in [-0.3, -0.25) is 9.78 Å². The van der Waals surface area contributed by atoms with Crippen LogP contribution in [0.5, 0.6) is 0 Å². The van der Waals surface area contributed by atoms with E-state index < -0.39 is 0 Å². The first-order valence-electron chi connectivity index (χ1n) is 9.99. The normalized spacial score (nSPS) is 15.7. The van der Waals surface area contributed by atoms with Crippen molar-refractivity contribution in [1.82, 2.24) is 24.6 Å². The Kier molecular flexibility index (Phi) is 5.94. The van der Waals surface area contributed by atoms with Crippen molar-refractivity contribution >= 4 is 17.7 Å². The highest BCUT2D eigenvalue weighted by Crippen LogP contribution is 2.34. The van der Waals surface area contributed by atoms with Crippen LogP contribution in [0.4, 0.5) is 0 Å². The molecule has 2 aromatic heterocycles. The molecular weight excluding hydrogens is 382 g/mol. The van der Waals surface area contributed by atoms with Crippen molar-refractivity contribution in [3.8, 4) is 11.4 Å². The summed E-state index contributed by atoms with van der Waals surface area (Å²) >= 11 is 1.45. The zero-order valence-electron chi connectivity index (χ0n) is 16.8. The Labute approximate surface area is 175 Å². The molecule has 150 valence electrons. The maximum atomic E-state index is 12.9. The van der Waals surface area contributed by atoms with Crippen molar-refractivity contribution in [3.05, 3.63) is 59.9 Å². The maximum absolute atomic E-state index is 12.9. The van der Waals surface area contributed by atoms with Gasteiger partial charge in [-0.05, 0) is 49.4 Å². The molecule has 29 heavy (non-hydrogen) atoms. The highest BCUT2D eigenvalue weighted by atomic mass is 32.2. The number of aryl methyl sites for hydroxylation is 1. The SMILES string of the molecule is CCn1c(SCC(=O)N(C)C2CCCc3ccccc32)nnc1-c1ccncc1. The highest BCUT2D eigenvalue weighted by Gasteiger charge is 2.26. The van der Waals surface area contributed by atoms with E-state index in [4.69, 9.17) is 0 Å². The van der Waals surface area contributed by atoms with Gasteiger partial charge in [0, 0.05) is 31.5 Å². The number of hydrogen-bond acceptors (Lipinski definition) is 5. The molecule has 1 aromatic carbocycles. The number of aromatic nitrogens is 4. The van der Waals surface area contributed by atoms with Crippen molar-refractivity contribution in [2.75, 3.05) is 12.8 Å². The molecule has 4 rings (SSSR count). The van der Waals surface area contributed by atoms with Gasteiger partial charge in [0.1, 0.15) is 0 Å². The van der Waals surface area contributed by atoms with E-state index in [2.05, 4.69) is 46.4 Å². The second kappa shape index (κ2) is 8.78. The molecule has 1 atom stereocenters. The largest absolute Gasteiger partial charge is 0.338 e. The molecule has 0 aliphatic heterocycles. The second-order valence-electron chi connectivity index (χ2n) is 7.19. The van der Waals surface area contributed by atoms with E-state index in [1.165, 1.54) is 22.9 Å². The fourth-order valence-electron chi connectivity index (χ4n) is 3.93. The molecule has 0 saturated carbocycles. The van der Waals surface area contributed by atoms with E-state index in [1.807, 2.05) is 28.6 Å². The second-order valence-corrected chi connectivity index (χ2v) is 8.13. The van der Waals surface area contributed by atoms with Gasteiger partial charge in [0.25, 0.3) is 0 Å². The molecule has 6 nitrogen and oxygen atoms in total. The summed E-state index contributed by atoms with van der Waals surface area (Å²) in [6, 6.07) is 12.5. The Hall–Kier alpha value is -2.67. The van der Waals surface area contributed by atoms with Gasteiger partial charge in [0.15, 0.2) is 11.0 Å². The first kappa shape index (κ1) is 19.6. The van der Waals surface area contributed by atoms with Gasteiger partial charge < -0.3 is 9.47 Å². The number of amides is 1. The summed E-state index contributed by atoms with van der Waals surface area (Å²) in [4.78, 5) is 18.9. The summed E-state index contributed by atoms with van der Waals surface area (Å²) in [7, 11) is 1.92. The van der Waals surface area contributed by atoms with Crippen molar-refractivity contribution < 1.29 is 4.79 Å². The number of fused-ring (bicyclic) bond motifs is 1. The number of rotatable bonds is 6. The Morgan fingerprint density at radius 2 is 2.00 bits per heavy atom. The molecule has 0 bridgehead atoms. The van der Waals surface area contributed by atoms with Crippen LogP contribution in [0, 0.1) is 0 Å². The summed E-state index contributed by atoms with van der Waals surface area (Å²) in [6.07, 6.45) is 6.72. The van der Waals surface area contributed by atoms with E-state index >= 15 is 0 Å². The molecule has 1 unspecified atom stereocenters. The zero-order valence-corrected chi connectivity index (χ0v) is 17.6. The summed E-state index contributed by atoms with van der Waals surface area (Å²) in [5.41, 5.74) is 3.63. The lowest BCUT2D eigenvalue weighted by molar-refractivity contribution is -0.129. The quantitative estimate of drug-likeness (QED) is 0.578. The topological polar surface area (TPSA) is 63.9 Å². The minimum absolute atomic E-state index is 0.118. The lowest BCUT2D eigenvalue weighted by Crippen LogP contribution is -2.34. The number of thioether (sulfide) groups is 1. The number of nitrogens with zero attached hydrogens (tertiary/aromatic N) is 5. The van der Waals surface area contributed by atoms with Crippen molar-refractivity contribution in [3.63, 3.8) is 0 Å². The van der Waals surface area contributed by atoms with E-state index in [9.17, 15) is 4.79 Å². The summed E-state index contributed by atoms with van der Waals surface area (Å²) in [5, 5.41) is 9.44. The van der Waals surface area contributed by atoms with E-state index in [0.717, 1.165) is 42.4 Å². The van der Waals surface area contributed by atoms with Crippen molar-refractivity contribution in [2.45, 2.75) is 43.9 Å². The molecule has 0 saturated heterocycles. The van der Waals surface area contributed by atoms with Gasteiger partial charge in [-0.25, -0.2) is 0 Å². The van der Waals surface area contributed by atoms with Crippen LogP contribution >= 0.6 is 11.8 Å². The van der Waals surface area contributed by atoms with Crippen molar-refractivity contribution in [1.29, 1.82) is 0 Å². The molecule has 0 N–H and O–H groups in total. The van der Waals surface area contributed by atoms with Crippen LogP contribution in [-0.4, -0.2) is 43.4 Å². The van der Waals surface area contributed by atoms with Crippen molar-refractivity contribution in [2.24, 2.45) is 0 Å². The fraction of sp³-hybridized carbons (Fsp3) is 0.364. The fourth-order valence-corrected chi connectivity index (χ4v) is 4.85. The molecule has 2 heterocycles. The molecular formula is C22H25N5OS. The Morgan fingerprint density at radius 3 is 2.79 bits per heavy atom. The third-order valence-electron chi connectivity index (χ3n) is 5.50. The average Bonchev–Trinajstić information content (AvgIpc) is 3.20. The third-order valence-corrected chi connectivity index (χ3v) is 6.45. The van der Waals surface area contributed by atoms with Crippen LogP contribution in [-0.2, 0) is 17.8 Å². The van der Waals surface area contributed by atoms with Gasteiger partial charge in [0.2, 0.25) is 5.91 Å². The number of carbonyl (C=O) groups excluding carboxylic acids is 1. The van der Waals surface area contributed by atoms with E-state index in [-0.39, 0.29) is 11.9 Å². The lowest BCUT2D eigenvalue weighted by Gasteiger charge is -2.33. The van der Waals surface area contributed by atoms with Crippen LogP contribution in [0.15, 0.2) is 53.9 Å². The first-order valence-corrected chi connectivity index (χ1v) is 11.0. The minimum Gasteiger partial charge on any atom is -0.338 e. The zero-order chi connectivity index (χ0) is 20.2. The lowest BCUT2D eigenvalue weighted by atomic mass is 9.87. The third kappa shape index (κ3) is 4.05. The van der Waals surface area contributed by atoms with Crippen LogP contribution in [0.2, 0.25) is 0 Å². The predicted octanol–water partition coefficient (Wildman–Crippen LogP) is 3.99. The Morgan fingerprint density at radius 1 is 1.21 bits per heavy atom. The van der Waals surface area contributed by atoms with E-state index in [0.29, 0.717) is 5.75 Å². The van der Waals surface area contributed by atoms with Crippen LogP contribution in [0.3, 0.4) is 0 Å². The molecule has 1 aliphatic rings. The maximum Gasteiger partial charge on any atom is 0.233 e. The van der Waals surface area contributed by atoms with E-state index in [1.54, 1.807) is 12.4 Å². The number of carbonyl (C=O) groups is 1. The molecule has 3 aromatic rings. The highest BCUT2D eigenvalue weighted by molar-refractivity contribution is 7.99. The minimum atomic E-state index is 0.118. The number of pyridine rings is 1. The molecule has 1 aliphatic carbocycles. The van der Waals surface area contributed by atoms with Gasteiger partial charge in [-0.15, -0.1) is 10.2 Å². The van der Waals surface area contributed by atoms with Crippen LogP contribution < -0.4 is 0 Å². The molecule has 7 heteroatoms. The summed E-state index contributed by atoms with van der Waals surface area (Å²) in [5.74, 6) is 1.27. The number of hydrogen-bond donors (Lipinski definition) is 0. The number of benzene rings is 1. The summed E-state index contributed by atoms with van der Waals surface area (Å²) < 4.78 is 2.04. The van der Waals surface area contributed by atoms with Crippen LogP contribution in [0.1, 0.15) is 36.9 Å². The van der Waals surface area contributed by atoms with Gasteiger partial charge in [0.05, 0.1) is 11.8 Å². The Bertz CT molecular complexity index is 988. The summed E-state index contributed by atoms with van der Waals surface area (Å²) in [6.45, 7) is 2.80. The standard InChI is InChI=1S/C22H25N5OS/c1-3-27-21(17-11-13-23-14-12-17)24-25-22(27)29-15-20(28)26(2)19-10-6-8-16-7-4-5-9-18(16)19/h4-5,7,9,11-14,19H,3,6,8,10,15H2,1-2H3. The van der Waals surface area contributed by atoms with Crippen LogP contribution in [0.25, 0.3) is 11.4 Å². The first-order chi connectivity index (χ1) is 14.2. The molecule has 0 spiro atoms. The van der Waals surface area contributed by atoms with Gasteiger partial charge in [-0.2, -0.15) is 0 Å². The molecule has 0 radical (unpaired) electrons. The molecule has 0 fully saturated rings. The molecule has 1 amide bonds.